The minimum atomic E-state index is -0.537. The molecule has 1 amide bonds. The van der Waals surface area contributed by atoms with Crippen molar-refractivity contribution in [2.45, 2.75) is 58.5 Å². The zero-order valence-electron chi connectivity index (χ0n) is 28.8. The van der Waals surface area contributed by atoms with Crippen LogP contribution >= 0.6 is 15.9 Å². The SMILES string of the molecule is CC(NCc1ccccc1)c1c[nH]c2ccc(Br)cc12.COc1ccc2[nH]cc(C(CNC(=O)OC(C)(C)C)NCc3ccccc3)c2c1. The van der Waals surface area contributed by atoms with Crippen molar-refractivity contribution in [3.8, 4) is 5.75 Å². The van der Waals surface area contributed by atoms with Gasteiger partial charge in [-0.2, -0.15) is 0 Å². The maximum Gasteiger partial charge on any atom is 0.407 e. The van der Waals surface area contributed by atoms with Gasteiger partial charge >= 0.3 is 6.09 Å². The van der Waals surface area contributed by atoms with Gasteiger partial charge in [-0.25, -0.2) is 4.79 Å². The van der Waals surface area contributed by atoms with Crippen LogP contribution in [0.2, 0.25) is 0 Å². The molecule has 9 heteroatoms. The van der Waals surface area contributed by atoms with Crippen molar-refractivity contribution in [2.24, 2.45) is 0 Å². The topological polar surface area (TPSA) is 103 Å². The summed E-state index contributed by atoms with van der Waals surface area (Å²) in [6, 6.07) is 33.1. The highest BCUT2D eigenvalue weighted by atomic mass is 79.9. The van der Waals surface area contributed by atoms with Crippen molar-refractivity contribution in [3.05, 3.63) is 136 Å². The summed E-state index contributed by atoms with van der Waals surface area (Å²) < 4.78 is 11.9. The first kappa shape index (κ1) is 35.7. The summed E-state index contributed by atoms with van der Waals surface area (Å²) in [4.78, 5) is 18.8. The number of ether oxygens (including phenoxy) is 2. The Bertz CT molecular complexity index is 1930. The van der Waals surface area contributed by atoms with Crippen molar-refractivity contribution >= 4 is 43.8 Å². The summed E-state index contributed by atoms with van der Waals surface area (Å²) in [6.07, 6.45) is 3.64. The lowest BCUT2D eigenvalue weighted by atomic mass is 10.0. The lowest BCUT2D eigenvalue weighted by Gasteiger charge is -2.23. The number of halogens is 1. The van der Waals surface area contributed by atoms with E-state index in [1.165, 1.54) is 27.6 Å². The van der Waals surface area contributed by atoms with E-state index in [1.807, 2.05) is 69.4 Å². The minimum Gasteiger partial charge on any atom is -0.497 e. The first-order chi connectivity index (χ1) is 23.6. The van der Waals surface area contributed by atoms with E-state index in [4.69, 9.17) is 9.47 Å². The molecule has 2 heterocycles. The van der Waals surface area contributed by atoms with Crippen molar-refractivity contribution in [1.29, 1.82) is 0 Å². The Morgan fingerprint density at radius 3 is 1.96 bits per heavy atom. The summed E-state index contributed by atoms with van der Waals surface area (Å²) in [5.41, 5.74) is 6.50. The number of carbonyl (C=O) groups is 1. The van der Waals surface area contributed by atoms with Gasteiger partial charge in [0.2, 0.25) is 0 Å². The molecule has 256 valence electrons. The second-order valence-electron chi connectivity index (χ2n) is 13.0. The Hall–Kier alpha value is -4.57. The largest absolute Gasteiger partial charge is 0.497 e. The molecule has 0 aliphatic carbocycles. The zero-order valence-corrected chi connectivity index (χ0v) is 30.4. The van der Waals surface area contributed by atoms with Gasteiger partial charge in [-0.1, -0.05) is 76.6 Å². The number of aromatic amines is 2. The van der Waals surface area contributed by atoms with E-state index in [0.29, 0.717) is 19.1 Å². The average molecular weight is 725 g/mol. The number of alkyl carbamates (subject to hydrolysis) is 1. The summed E-state index contributed by atoms with van der Waals surface area (Å²) in [5.74, 6) is 0.792. The Balaban J connectivity index is 0.000000204. The Morgan fingerprint density at radius 1 is 0.776 bits per heavy atom. The van der Waals surface area contributed by atoms with E-state index in [-0.39, 0.29) is 6.04 Å². The van der Waals surface area contributed by atoms with Gasteiger partial charge in [0.1, 0.15) is 11.4 Å². The smallest absolute Gasteiger partial charge is 0.407 e. The molecule has 6 aromatic rings. The molecule has 5 N–H and O–H groups in total. The van der Waals surface area contributed by atoms with Gasteiger partial charge in [-0.15, -0.1) is 0 Å². The van der Waals surface area contributed by atoms with Gasteiger partial charge in [-0.05, 0) is 86.3 Å². The molecule has 8 nitrogen and oxygen atoms in total. The minimum absolute atomic E-state index is 0.108. The quantitative estimate of drug-likeness (QED) is 0.0917. The predicted molar refractivity (Wildman–Crippen MR) is 203 cm³/mol. The number of carbonyl (C=O) groups excluding carboxylic acids is 1. The number of rotatable bonds is 11. The Morgan fingerprint density at radius 2 is 1.35 bits per heavy atom. The van der Waals surface area contributed by atoms with Crippen molar-refractivity contribution in [3.63, 3.8) is 0 Å². The van der Waals surface area contributed by atoms with Crippen LogP contribution in [0.1, 0.15) is 62.0 Å². The second-order valence-corrected chi connectivity index (χ2v) is 13.9. The van der Waals surface area contributed by atoms with Crippen LogP contribution in [0.25, 0.3) is 21.8 Å². The van der Waals surface area contributed by atoms with Gasteiger partial charge < -0.3 is 35.4 Å². The molecule has 0 aliphatic rings. The van der Waals surface area contributed by atoms with Crippen LogP contribution in [0, 0.1) is 0 Å². The molecular weight excluding hydrogens is 678 g/mol. The van der Waals surface area contributed by atoms with Gasteiger partial charge in [-0.3, -0.25) is 0 Å². The lowest BCUT2D eigenvalue weighted by Crippen LogP contribution is -2.38. The van der Waals surface area contributed by atoms with Crippen molar-refractivity contribution < 1.29 is 14.3 Å². The zero-order chi connectivity index (χ0) is 34.8. The van der Waals surface area contributed by atoms with E-state index < -0.39 is 11.7 Å². The number of methoxy groups -OCH3 is 1. The van der Waals surface area contributed by atoms with E-state index >= 15 is 0 Å². The lowest BCUT2D eigenvalue weighted by molar-refractivity contribution is 0.0522. The Labute approximate surface area is 297 Å². The van der Waals surface area contributed by atoms with Crippen molar-refractivity contribution in [2.75, 3.05) is 13.7 Å². The molecule has 4 aromatic carbocycles. The summed E-state index contributed by atoms with van der Waals surface area (Å²) in [6.45, 7) is 9.70. The fourth-order valence-corrected chi connectivity index (χ4v) is 5.98. The predicted octanol–water partition coefficient (Wildman–Crippen LogP) is 9.31. The molecule has 0 saturated heterocycles. The average Bonchev–Trinajstić information content (AvgIpc) is 3.71. The summed E-state index contributed by atoms with van der Waals surface area (Å²) in [5, 5.41) is 12.3. The van der Waals surface area contributed by atoms with E-state index in [1.54, 1.807) is 7.11 Å². The standard InChI is InChI=1S/C23H29N3O3.C17H17BrN2/c1-23(2,3)29-22(27)26-15-21(24-13-16-8-6-5-7-9-16)19-14-25-20-11-10-17(28-4)12-18(19)20;1-12(19-10-13-5-3-2-4-6-13)16-11-20-17-8-7-14(18)9-15(16)17/h5-12,14,21,24-25H,13,15H2,1-4H3,(H,26,27);2-9,11-12,19-20H,10H2,1H3. The first-order valence-electron chi connectivity index (χ1n) is 16.5. The van der Waals surface area contributed by atoms with Gasteiger partial charge in [0, 0.05) is 64.3 Å². The third-order valence-corrected chi connectivity index (χ3v) is 8.63. The van der Waals surface area contributed by atoms with Gasteiger partial charge in [0.15, 0.2) is 0 Å². The van der Waals surface area contributed by atoms with Crippen LogP contribution in [0.15, 0.2) is 114 Å². The number of hydrogen-bond donors (Lipinski definition) is 5. The molecule has 0 radical (unpaired) electrons. The molecule has 0 saturated carbocycles. The molecule has 0 spiro atoms. The number of aromatic nitrogens is 2. The van der Waals surface area contributed by atoms with Gasteiger partial charge in [0.05, 0.1) is 13.2 Å². The number of H-pyrrole nitrogens is 2. The highest BCUT2D eigenvalue weighted by Crippen LogP contribution is 2.29. The van der Waals surface area contributed by atoms with Gasteiger partial charge in [0.25, 0.3) is 0 Å². The third-order valence-electron chi connectivity index (χ3n) is 8.14. The van der Waals surface area contributed by atoms with Crippen molar-refractivity contribution in [1.82, 2.24) is 25.9 Å². The van der Waals surface area contributed by atoms with Crippen LogP contribution in [-0.2, 0) is 17.8 Å². The van der Waals surface area contributed by atoms with E-state index in [2.05, 4.69) is 110 Å². The maximum absolute atomic E-state index is 12.2. The molecule has 2 aromatic heterocycles. The monoisotopic (exact) mass is 723 g/mol. The van der Waals surface area contributed by atoms with E-state index in [0.717, 1.165) is 33.2 Å². The van der Waals surface area contributed by atoms with Crippen LogP contribution in [0.3, 0.4) is 0 Å². The molecule has 2 atom stereocenters. The second kappa shape index (κ2) is 16.7. The molecule has 0 aliphatic heterocycles. The molecule has 2 unspecified atom stereocenters. The maximum atomic E-state index is 12.2. The summed E-state index contributed by atoms with van der Waals surface area (Å²) in [7, 11) is 1.66. The third kappa shape index (κ3) is 10.2. The number of benzene rings is 4. The fraction of sp³-hybridized carbons (Fsp3) is 0.275. The van der Waals surface area contributed by atoms with Crippen LogP contribution in [0.5, 0.6) is 5.75 Å². The van der Waals surface area contributed by atoms with Crippen LogP contribution < -0.4 is 20.7 Å². The fourth-order valence-electron chi connectivity index (χ4n) is 5.61. The Kier molecular flexibility index (Phi) is 12.2. The molecule has 0 bridgehead atoms. The number of hydrogen-bond acceptors (Lipinski definition) is 5. The molecular formula is C40H46BrN5O3. The highest BCUT2D eigenvalue weighted by molar-refractivity contribution is 9.10. The molecule has 6 rings (SSSR count). The van der Waals surface area contributed by atoms with Crippen LogP contribution in [-0.4, -0.2) is 35.3 Å². The van der Waals surface area contributed by atoms with Crippen LogP contribution in [0.4, 0.5) is 4.79 Å². The number of fused-ring (bicyclic) bond motifs is 2. The number of nitrogens with one attached hydrogen (secondary N) is 5. The summed E-state index contributed by atoms with van der Waals surface area (Å²) >= 11 is 3.54. The molecule has 49 heavy (non-hydrogen) atoms. The molecule has 0 fully saturated rings. The normalized spacial score (nSPS) is 12.6. The number of amides is 1. The first-order valence-corrected chi connectivity index (χ1v) is 17.3. The highest BCUT2D eigenvalue weighted by Gasteiger charge is 2.20. The van der Waals surface area contributed by atoms with E-state index in [9.17, 15) is 4.79 Å².